The lowest BCUT2D eigenvalue weighted by molar-refractivity contribution is -0.146. The Morgan fingerprint density at radius 1 is 1.17 bits per heavy atom. The zero-order valence-corrected chi connectivity index (χ0v) is 16.2. The molecule has 0 atom stereocenters. The van der Waals surface area contributed by atoms with Crippen LogP contribution in [0.1, 0.15) is 23.0 Å². The lowest BCUT2D eigenvalue weighted by Crippen LogP contribution is -2.16. The van der Waals surface area contributed by atoms with Crippen LogP contribution in [0, 0.1) is 0 Å². The van der Waals surface area contributed by atoms with E-state index in [-0.39, 0.29) is 25.5 Å². The lowest BCUT2D eigenvalue weighted by Gasteiger charge is -2.05. The van der Waals surface area contributed by atoms with Crippen LogP contribution >= 0.6 is 11.3 Å². The summed E-state index contributed by atoms with van der Waals surface area (Å²) in [6, 6.07) is 10.9. The molecular weight excluding hydrogens is 396 g/mol. The summed E-state index contributed by atoms with van der Waals surface area (Å²) in [4.78, 5) is 26.5. The van der Waals surface area contributed by atoms with E-state index in [1.54, 1.807) is 25.1 Å². The normalized spacial score (nSPS) is 10.9. The van der Waals surface area contributed by atoms with Gasteiger partial charge in [0.15, 0.2) is 6.54 Å². The maximum Gasteiger partial charge on any atom is 0.374 e. The summed E-state index contributed by atoms with van der Waals surface area (Å²) in [6.45, 7) is 1.56. The third kappa shape index (κ3) is 4.02. The van der Waals surface area contributed by atoms with Crippen molar-refractivity contribution in [1.82, 2.24) is 20.2 Å². The first-order valence-corrected chi connectivity index (χ1v) is 9.68. The molecule has 0 fully saturated rings. The minimum Gasteiger partial charge on any atom is -0.460 e. The predicted molar refractivity (Wildman–Crippen MR) is 103 cm³/mol. The van der Waals surface area contributed by atoms with E-state index in [2.05, 4.69) is 15.4 Å². The summed E-state index contributed by atoms with van der Waals surface area (Å²) in [5.41, 5.74) is 0.971. The van der Waals surface area contributed by atoms with E-state index in [4.69, 9.17) is 13.9 Å². The summed E-state index contributed by atoms with van der Waals surface area (Å²) >= 11 is 1.48. The van der Waals surface area contributed by atoms with Gasteiger partial charge in [0.25, 0.3) is 0 Å². The highest BCUT2D eigenvalue weighted by atomic mass is 32.1. The second-order valence-corrected chi connectivity index (χ2v) is 6.86. The number of para-hydroxylation sites is 1. The number of carbonyl (C=O) groups excluding carboxylic acids is 2. The number of hydrogen-bond acceptors (Lipinski definition) is 9. The number of carbonyl (C=O) groups is 2. The van der Waals surface area contributed by atoms with Gasteiger partial charge in [-0.3, -0.25) is 0 Å². The van der Waals surface area contributed by atoms with Gasteiger partial charge in [-0.1, -0.05) is 24.3 Å². The van der Waals surface area contributed by atoms with Gasteiger partial charge in [-0.05, 0) is 29.6 Å². The third-order valence-electron chi connectivity index (χ3n) is 4.00. The zero-order chi connectivity index (χ0) is 20.2. The Balaban J connectivity index is 1.47. The molecule has 0 aliphatic rings. The topological polar surface area (TPSA) is 109 Å². The molecule has 0 amide bonds. The molecule has 0 aliphatic carbocycles. The zero-order valence-electron chi connectivity index (χ0n) is 15.4. The molecule has 148 valence electrons. The van der Waals surface area contributed by atoms with E-state index in [9.17, 15) is 9.59 Å². The summed E-state index contributed by atoms with van der Waals surface area (Å²) in [7, 11) is 0. The minimum absolute atomic E-state index is 0.0275. The molecule has 4 rings (SSSR count). The van der Waals surface area contributed by atoms with E-state index in [1.807, 2.05) is 23.6 Å². The van der Waals surface area contributed by atoms with Crippen LogP contribution in [0.5, 0.6) is 0 Å². The minimum atomic E-state index is -0.603. The highest BCUT2D eigenvalue weighted by Crippen LogP contribution is 2.27. The summed E-state index contributed by atoms with van der Waals surface area (Å²) in [5.74, 6) is -0.702. The van der Waals surface area contributed by atoms with Gasteiger partial charge in [0.05, 0.1) is 17.0 Å². The van der Waals surface area contributed by atoms with Gasteiger partial charge in [0.1, 0.15) is 12.2 Å². The first-order valence-electron chi connectivity index (χ1n) is 8.80. The van der Waals surface area contributed by atoms with Crippen LogP contribution in [0.3, 0.4) is 0 Å². The average molecular weight is 412 g/mol. The molecule has 0 saturated carbocycles. The van der Waals surface area contributed by atoms with Crippen LogP contribution in [0.2, 0.25) is 0 Å². The van der Waals surface area contributed by atoms with E-state index in [1.165, 1.54) is 11.3 Å². The van der Waals surface area contributed by atoms with Crippen LogP contribution in [0.25, 0.3) is 21.7 Å². The molecule has 29 heavy (non-hydrogen) atoms. The van der Waals surface area contributed by atoms with Crippen molar-refractivity contribution in [3.8, 4) is 10.7 Å². The van der Waals surface area contributed by atoms with Crippen molar-refractivity contribution in [3.05, 3.63) is 53.1 Å². The number of ether oxygens (including phenoxy) is 2. The van der Waals surface area contributed by atoms with Crippen molar-refractivity contribution >= 4 is 34.2 Å². The Bertz CT molecular complexity index is 1150. The van der Waals surface area contributed by atoms with Crippen molar-refractivity contribution in [2.24, 2.45) is 0 Å². The Labute approximate surface area is 168 Å². The van der Waals surface area contributed by atoms with Gasteiger partial charge >= 0.3 is 11.9 Å². The molecule has 0 radical (unpaired) electrons. The van der Waals surface area contributed by atoms with E-state index < -0.39 is 11.9 Å². The van der Waals surface area contributed by atoms with Crippen molar-refractivity contribution in [2.45, 2.75) is 20.1 Å². The number of thiophene rings is 1. The van der Waals surface area contributed by atoms with Crippen LogP contribution in [-0.2, 0) is 27.4 Å². The van der Waals surface area contributed by atoms with Gasteiger partial charge in [-0.25, -0.2) is 9.59 Å². The van der Waals surface area contributed by atoms with E-state index in [0.29, 0.717) is 22.4 Å². The molecule has 0 aliphatic heterocycles. The quantitative estimate of drug-likeness (QED) is 0.426. The SMILES string of the molecule is CCOC(=O)c1oc2ccccc2c1COC(=O)Cn1nnc(-c2cccs2)n1. The van der Waals surface area contributed by atoms with E-state index in [0.717, 1.165) is 9.67 Å². The molecule has 0 N–H and O–H groups in total. The second-order valence-electron chi connectivity index (χ2n) is 5.91. The molecule has 0 bridgehead atoms. The lowest BCUT2D eigenvalue weighted by atomic mass is 10.1. The van der Waals surface area contributed by atoms with Gasteiger partial charge in [0.2, 0.25) is 11.6 Å². The summed E-state index contributed by atoms with van der Waals surface area (Å²) < 4.78 is 16.0. The first kappa shape index (κ1) is 18.8. The van der Waals surface area contributed by atoms with Crippen molar-refractivity contribution in [2.75, 3.05) is 6.61 Å². The number of hydrogen-bond donors (Lipinski definition) is 0. The number of rotatable bonds is 7. The fraction of sp³-hybridized carbons (Fsp3) is 0.211. The maximum atomic E-state index is 12.3. The molecular formula is C19H16N4O5S. The Morgan fingerprint density at radius 3 is 2.83 bits per heavy atom. The number of tetrazole rings is 1. The molecule has 3 aromatic heterocycles. The van der Waals surface area contributed by atoms with Gasteiger partial charge in [-0.15, -0.1) is 21.5 Å². The number of esters is 2. The molecule has 0 spiro atoms. The smallest absolute Gasteiger partial charge is 0.374 e. The number of furan rings is 1. The van der Waals surface area contributed by atoms with Gasteiger partial charge in [-0.2, -0.15) is 4.80 Å². The van der Waals surface area contributed by atoms with E-state index >= 15 is 0 Å². The highest BCUT2D eigenvalue weighted by molar-refractivity contribution is 7.13. The Kier molecular flexibility index (Phi) is 5.34. The molecule has 9 nitrogen and oxygen atoms in total. The molecule has 4 aromatic rings. The fourth-order valence-electron chi connectivity index (χ4n) is 2.73. The van der Waals surface area contributed by atoms with Crippen LogP contribution in [0.4, 0.5) is 0 Å². The molecule has 10 heteroatoms. The third-order valence-corrected chi connectivity index (χ3v) is 4.87. The molecule has 1 aromatic carbocycles. The first-order chi connectivity index (χ1) is 14.2. The standard InChI is InChI=1S/C19H16N4O5S/c1-2-26-19(25)17-13(12-6-3-4-7-14(12)28-17)11-27-16(24)10-23-21-18(20-22-23)15-8-5-9-29-15/h3-9H,2,10-11H2,1H3. The van der Waals surface area contributed by atoms with Crippen LogP contribution < -0.4 is 0 Å². The van der Waals surface area contributed by atoms with Gasteiger partial charge < -0.3 is 13.9 Å². The number of benzene rings is 1. The second kappa shape index (κ2) is 8.23. The van der Waals surface area contributed by atoms with Crippen molar-refractivity contribution in [3.63, 3.8) is 0 Å². The van der Waals surface area contributed by atoms with Crippen molar-refractivity contribution < 1.29 is 23.5 Å². The average Bonchev–Trinajstić information content (AvgIpc) is 3.46. The summed E-state index contributed by atoms with van der Waals surface area (Å²) in [5, 5.41) is 14.5. The molecule has 3 heterocycles. The predicted octanol–water partition coefficient (Wildman–Crippen LogP) is 3.07. The van der Waals surface area contributed by atoms with Crippen LogP contribution in [-0.4, -0.2) is 38.8 Å². The number of aromatic nitrogens is 4. The van der Waals surface area contributed by atoms with Gasteiger partial charge in [0, 0.05) is 5.39 Å². The number of nitrogens with zero attached hydrogens (tertiary/aromatic N) is 4. The highest BCUT2D eigenvalue weighted by Gasteiger charge is 2.23. The van der Waals surface area contributed by atoms with Crippen molar-refractivity contribution in [1.29, 1.82) is 0 Å². The molecule has 0 saturated heterocycles. The molecule has 0 unspecified atom stereocenters. The Hall–Kier alpha value is -3.53. The Morgan fingerprint density at radius 2 is 2.03 bits per heavy atom. The largest absolute Gasteiger partial charge is 0.460 e. The summed E-state index contributed by atoms with van der Waals surface area (Å²) in [6.07, 6.45) is 0. The monoisotopic (exact) mass is 412 g/mol. The number of fused-ring (bicyclic) bond motifs is 1. The van der Waals surface area contributed by atoms with Crippen LogP contribution in [0.15, 0.2) is 46.2 Å². The fourth-order valence-corrected chi connectivity index (χ4v) is 3.38. The maximum absolute atomic E-state index is 12.3.